The van der Waals surface area contributed by atoms with Gasteiger partial charge in [0.05, 0.1) is 29.4 Å². The lowest BCUT2D eigenvalue weighted by Gasteiger charge is -2.31. The maximum absolute atomic E-state index is 13.4. The first-order valence-corrected chi connectivity index (χ1v) is 13.5. The van der Waals surface area contributed by atoms with Crippen molar-refractivity contribution in [3.63, 3.8) is 0 Å². The Balaban J connectivity index is 1.46. The molecule has 0 spiro atoms. The van der Waals surface area contributed by atoms with E-state index in [0.717, 1.165) is 24.8 Å². The number of hydrogen-bond donors (Lipinski definition) is 1. The molecule has 186 valence electrons. The Labute approximate surface area is 205 Å². The number of benzene rings is 2. The number of esters is 1. The zero-order valence-electron chi connectivity index (χ0n) is 19.5. The molecule has 5 rings (SSSR count). The number of carbonyl (C=O) groups is 2. The highest BCUT2D eigenvalue weighted by Crippen LogP contribution is 2.31. The van der Waals surface area contributed by atoms with Crippen LogP contribution in [0.3, 0.4) is 0 Å². The molecule has 2 saturated heterocycles. The highest BCUT2D eigenvalue weighted by atomic mass is 32.2. The Hall–Kier alpha value is -2.95. The number of morpholine rings is 1. The molecule has 9 nitrogen and oxygen atoms in total. The Morgan fingerprint density at radius 1 is 0.943 bits per heavy atom. The predicted octanol–water partition coefficient (Wildman–Crippen LogP) is 2.80. The van der Waals surface area contributed by atoms with Crippen LogP contribution in [0.2, 0.25) is 0 Å². The molecule has 1 amide bonds. The molecule has 0 aliphatic carbocycles. The fourth-order valence-corrected chi connectivity index (χ4v) is 6.30. The average Bonchev–Trinajstić information content (AvgIpc) is 2.89. The molecule has 0 radical (unpaired) electrons. The molecule has 35 heavy (non-hydrogen) atoms. The van der Waals surface area contributed by atoms with Crippen LogP contribution in [-0.2, 0) is 26.0 Å². The number of rotatable bonds is 5. The molecule has 2 aromatic rings. The third kappa shape index (κ3) is 5.05. The Morgan fingerprint density at radius 3 is 2.49 bits per heavy atom. The van der Waals surface area contributed by atoms with Crippen molar-refractivity contribution < 1.29 is 27.5 Å². The molecular formula is C25H29N3O6S. The molecule has 3 aliphatic heterocycles. The van der Waals surface area contributed by atoms with Crippen molar-refractivity contribution in [2.45, 2.75) is 37.0 Å². The average molecular weight is 500 g/mol. The third-order valence-electron chi connectivity index (χ3n) is 6.68. The van der Waals surface area contributed by atoms with Gasteiger partial charge in [0.2, 0.25) is 15.9 Å². The number of nitrogens with zero attached hydrogens (tertiary/aromatic N) is 2. The first kappa shape index (κ1) is 23.8. The van der Waals surface area contributed by atoms with E-state index in [1.54, 1.807) is 30.3 Å². The van der Waals surface area contributed by atoms with Gasteiger partial charge in [0.25, 0.3) is 0 Å². The Bertz CT molecular complexity index is 1230. The number of amides is 1. The number of nitrogens with one attached hydrogen (secondary N) is 1. The first-order chi connectivity index (χ1) is 16.9. The van der Waals surface area contributed by atoms with Crippen LogP contribution in [-0.4, -0.2) is 64.0 Å². The minimum atomic E-state index is -3.71. The molecule has 2 aromatic carbocycles. The van der Waals surface area contributed by atoms with Crippen LogP contribution in [0.1, 0.15) is 41.6 Å². The van der Waals surface area contributed by atoms with Crippen molar-refractivity contribution in [1.82, 2.24) is 4.31 Å². The van der Waals surface area contributed by atoms with Gasteiger partial charge in [-0.2, -0.15) is 4.31 Å². The normalized spacial score (nSPS) is 19.1. The molecule has 10 heteroatoms. The van der Waals surface area contributed by atoms with Crippen molar-refractivity contribution in [2.75, 3.05) is 49.6 Å². The van der Waals surface area contributed by atoms with E-state index in [1.807, 2.05) is 4.90 Å². The van der Waals surface area contributed by atoms with E-state index < -0.39 is 16.0 Å². The minimum absolute atomic E-state index is 0.0378. The third-order valence-corrected chi connectivity index (χ3v) is 8.57. The van der Waals surface area contributed by atoms with E-state index in [-0.39, 0.29) is 16.4 Å². The van der Waals surface area contributed by atoms with Crippen molar-refractivity contribution in [1.29, 1.82) is 0 Å². The highest BCUT2D eigenvalue weighted by Gasteiger charge is 2.29. The second kappa shape index (κ2) is 9.96. The first-order valence-electron chi connectivity index (χ1n) is 12.0. The molecule has 0 atom stereocenters. The molecule has 2 fully saturated rings. The van der Waals surface area contributed by atoms with Gasteiger partial charge < -0.3 is 19.7 Å². The lowest BCUT2D eigenvalue weighted by molar-refractivity contribution is -0.116. The summed E-state index contributed by atoms with van der Waals surface area (Å²) in [6.45, 7) is 3.21. The SMILES string of the molecule is O=C1CCc2cc(OC(=O)c3cc(S(=O)(=O)N4CCCCC4)ccc3N3CCOCC3)ccc2N1. The summed E-state index contributed by atoms with van der Waals surface area (Å²) in [4.78, 5) is 27.1. The second-order valence-corrected chi connectivity index (χ2v) is 10.9. The van der Waals surface area contributed by atoms with Gasteiger partial charge in [-0.05, 0) is 61.2 Å². The summed E-state index contributed by atoms with van der Waals surface area (Å²) in [6, 6.07) is 9.81. The van der Waals surface area contributed by atoms with Gasteiger partial charge in [0.1, 0.15) is 5.75 Å². The van der Waals surface area contributed by atoms with E-state index in [2.05, 4.69) is 5.32 Å². The summed E-state index contributed by atoms with van der Waals surface area (Å²) in [6.07, 6.45) is 3.62. The summed E-state index contributed by atoms with van der Waals surface area (Å²) in [5, 5.41) is 2.81. The van der Waals surface area contributed by atoms with Crippen LogP contribution in [0.15, 0.2) is 41.3 Å². The number of piperidine rings is 1. The number of carbonyl (C=O) groups excluding carboxylic acids is 2. The number of ether oxygens (including phenoxy) is 2. The van der Waals surface area contributed by atoms with Gasteiger partial charge in [0, 0.05) is 38.3 Å². The Morgan fingerprint density at radius 2 is 1.71 bits per heavy atom. The minimum Gasteiger partial charge on any atom is -0.423 e. The topological polar surface area (TPSA) is 105 Å². The predicted molar refractivity (Wildman–Crippen MR) is 130 cm³/mol. The van der Waals surface area contributed by atoms with Crippen LogP contribution in [0.5, 0.6) is 5.75 Å². The molecule has 0 saturated carbocycles. The second-order valence-electron chi connectivity index (χ2n) is 9.00. The van der Waals surface area contributed by atoms with Crippen molar-refractivity contribution in [2.24, 2.45) is 0 Å². The van der Waals surface area contributed by atoms with Gasteiger partial charge in [0.15, 0.2) is 0 Å². The van der Waals surface area contributed by atoms with Gasteiger partial charge in [-0.15, -0.1) is 0 Å². The lowest BCUT2D eigenvalue weighted by atomic mass is 10.0. The van der Waals surface area contributed by atoms with E-state index in [0.29, 0.717) is 69.4 Å². The van der Waals surface area contributed by atoms with Gasteiger partial charge >= 0.3 is 5.97 Å². The van der Waals surface area contributed by atoms with Crippen LogP contribution < -0.4 is 15.0 Å². The largest absolute Gasteiger partial charge is 0.423 e. The quantitative estimate of drug-likeness (QED) is 0.498. The fraction of sp³-hybridized carbons (Fsp3) is 0.440. The van der Waals surface area contributed by atoms with Crippen LogP contribution in [0.25, 0.3) is 0 Å². The van der Waals surface area contributed by atoms with Crippen LogP contribution in [0.4, 0.5) is 11.4 Å². The number of fused-ring (bicyclic) bond motifs is 1. The summed E-state index contributed by atoms with van der Waals surface area (Å²) in [7, 11) is -3.71. The molecule has 0 unspecified atom stereocenters. The van der Waals surface area contributed by atoms with Gasteiger partial charge in [-0.25, -0.2) is 13.2 Å². The summed E-state index contributed by atoms with van der Waals surface area (Å²) in [5.74, 6) is -0.312. The van der Waals surface area contributed by atoms with Gasteiger partial charge in [-0.3, -0.25) is 4.79 Å². The van der Waals surface area contributed by atoms with Gasteiger partial charge in [-0.1, -0.05) is 6.42 Å². The van der Waals surface area contributed by atoms with E-state index in [9.17, 15) is 18.0 Å². The van der Waals surface area contributed by atoms with Crippen molar-refractivity contribution in [3.8, 4) is 5.75 Å². The van der Waals surface area contributed by atoms with E-state index >= 15 is 0 Å². The maximum atomic E-state index is 13.4. The summed E-state index contributed by atoms with van der Waals surface area (Å²) < 4.78 is 39.3. The zero-order chi connectivity index (χ0) is 24.4. The highest BCUT2D eigenvalue weighted by molar-refractivity contribution is 7.89. The number of anilines is 2. The van der Waals surface area contributed by atoms with E-state index in [4.69, 9.17) is 9.47 Å². The number of sulfonamides is 1. The molecule has 1 N–H and O–H groups in total. The number of hydrogen-bond acceptors (Lipinski definition) is 7. The molecular weight excluding hydrogens is 470 g/mol. The van der Waals surface area contributed by atoms with Crippen LogP contribution >= 0.6 is 0 Å². The Kier molecular flexibility index (Phi) is 6.77. The maximum Gasteiger partial charge on any atom is 0.345 e. The smallest absolute Gasteiger partial charge is 0.345 e. The zero-order valence-corrected chi connectivity index (χ0v) is 20.3. The molecule has 0 bridgehead atoms. The van der Waals surface area contributed by atoms with Crippen molar-refractivity contribution in [3.05, 3.63) is 47.5 Å². The molecule has 3 heterocycles. The summed E-state index contributed by atoms with van der Waals surface area (Å²) in [5.41, 5.74) is 2.44. The van der Waals surface area contributed by atoms with Crippen molar-refractivity contribution >= 4 is 33.3 Å². The monoisotopic (exact) mass is 499 g/mol. The molecule has 0 aromatic heterocycles. The van der Waals surface area contributed by atoms with E-state index in [1.165, 1.54) is 10.4 Å². The van der Waals surface area contributed by atoms with Crippen LogP contribution in [0, 0.1) is 0 Å². The number of aryl methyl sites for hydroxylation is 1. The lowest BCUT2D eigenvalue weighted by Crippen LogP contribution is -2.38. The fourth-order valence-electron chi connectivity index (χ4n) is 4.76. The standard InChI is InChI=1S/C25H29N3O6S/c29-24-9-4-18-16-19(5-7-22(18)26-24)34-25(30)21-17-20(35(31,32)28-10-2-1-3-11-28)6-8-23(21)27-12-14-33-15-13-27/h5-8,16-17H,1-4,9-15H2,(H,26,29). The summed E-state index contributed by atoms with van der Waals surface area (Å²) >= 11 is 0. The molecule has 3 aliphatic rings.